The van der Waals surface area contributed by atoms with E-state index in [9.17, 15) is 9.59 Å². The van der Waals surface area contributed by atoms with E-state index >= 15 is 0 Å². The summed E-state index contributed by atoms with van der Waals surface area (Å²) in [6, 6.07) is 5.72. The van der Waals surface area contributed by atoms with E-state index in [-0.39, 0.29) is 30.3 Å². The van der Waals surface area contributed by atoms with Gasteiger partial charge in [-0.1, -0.05) is 12.5 Å². The highest BCUT2D eigenvalue weighted by Crippen LogP contribution is 2.34. The van der Waals surface area contributed by atoms with E-state index < -0.39 is 0 Å². The second-order valence-electron chi connectivity index (χ2n) is 6.78. The van der Waals surface area contributed by atoms with Gasteiger partial charge in [0.25, 0.3) is 0 Å². The first kappa shape index (κ1) is 16.8. The fraction of sp³-hybridized carbons (Fsp3) is 0.579. The molecule has 2 fully saturated rings. The molecule has 0 radical (unpaired) electrons. The van der Waals surface area contributed by atoms with Gasteiger partial charge in [0.2, 0.25) is 5.91 Å². The van der Waals surface area contributed by atoms with Crippen molar-refractivity contribution in [2.75, 3.05) is 18.6 Å². The average Bonchev–Trinajstić information content (AvgIpc) is 2.97. The Kier molecular flexibility index (Phi) is 5.07. The van der Waals surface area contributed by atoms with E-state index in [1.54, 1.807) is 12.0 Å². The molecule has 0 N–H and O–H groups in total. The molecule has 1 saturated heterocycles. The minimum Gasteiger partial charge on any atom is -0.495 e. The summed E-state index contributed by atoms with van der Waals surface area (Å²) in [6.45, 7) is 2.34. The number of methoxy groups -OCH3 is 1. The molecule has 0 spiro atoms. The number of esters is 1. The maximum Gasteiger partial charge on any atom is 0.311 e. The highest BCUT2D eigenvalue weighted by molar-refractivity contribution is 6.00. The third kappa shape index (κ3) is 3.55. The summed E-state index contributed by atoms with van der Waals surface area (Å²) in [5.41, 5.74) is 1.78. The number of benzene rings is 1. The van der Waals surface area contributed by atoms with Crippen LogP contribution in [0.15, 0.2) is 18.2 Å². The number of hydrogen-bond donors (Lipinski definition) is 0. The Morgan fingerprint density at radius 1 is 1.21 bits per heavy atom. The lowest BCUT2D eigenvalue weighted by molar-refractivity contribution is -0.155. The number of nitrogens with zero attached hydrogens (tertiary/aromatic N) is 1. The summed E-state index contributed by atoms with van der Waals surface area (Å²) >= 11 is 0. The molecule has 1 aliphatic carbocycles. The Hall–Kier alpha value is -2.04. The summed E-state index contributed by atoms with van der Waals surface area (Å²) < 4.78 is 11.0. The number of ether oxygens (including phenoxy) is 2. The number of aryl methyl sites for hydroxylation is 1. The number of anilines is 1. The van der Waals surface area contributed by atoms with E-state index in [4.69, 9.17) is 9.47 Å². The minimum absolute atomic E-state index is 0.0314. The van der Waals surface area contributed by atoms with Crippen molar-refractivity contribution in [3.05, 3.63) is 23.8 Å². The summed E-state index contributed by atoms with van der Waals surface area (Å²) in [4.78, 5) is 26.5. The molecule has 2 aliphatic rings. The average molecular weight is 331 g/mol. The van der Waals surface area contributed by atoms with Crippen LogP contribution in [0.4, 0.5) is 5.69 Å². The summed E-state index contributed by atoms with van der Waals surface area (Å²) in [5.74, 6) is -0.0197. The SMILES string of the molecule is COc1ccc(C)cc1N1C[C@H](C(=O)OC2CCCCC2)CC1=O. The monoisotopic (exact) mass is 331 g/mol. The van der Waals surface area contributed by atoms with Crippen LogP contribution in [0, 0.1) is 12.8 Å². The Labute approximate surface area is 142 Å². The van der Waals surface area contributed by atoms with Crippen molar-refractivity contribution in [3.8, 4) is 5.75 Å². The van der Waals surface area contributed by atoms with Crippen LogP contribution in [0.3, 0.4) is 0 Å². The van der Waals surface area contributed by atoms with Crippen LogP contribution in [0.25, 0.3) is 0 Å². The van der Waals surface area contributed by atoms with Crippen molar-refractivity contribution in [2.24, 2.45) is 5.92 Å². The van der Waals surface area contributed by atoms with E-state index in [1.165, 1.54) is 6.42 Å². The Morgan fingerprint density at radius 2 is 1.96 bits per heavy atom. The third-order valence-corrected chi connectivity index (χ3v) is 4.92. The molecule has 1 aromatic carbocycles. The lowest BCUT2D eigenvalue weighted by Crippen LogP contribution is -2.29. The molecule has 1 saturated carbocycles. The van der Waals surface area contributed by atoms with Crippen LogP contribution in [0.5, 0.6) is 5.75 Å². The van der Waals surface area contributed by atoms with Crippen LogP contribution in [-0.2, 0) is 14.3 Å². The molecule has 1 amide bonds. The van der Waals surface area contributed by atoms with E-state index in [0.717, 1.165) is 36.9 Å². The zero-order valence-corrected chi connectivity index (χ0v) is 14.4. The summed E-state index contributed by atoms with van der Waals surface area (Å²) in [7, 11) is 1.59. The fourth-order valence-corrected chi connectivity index (χ4v) is 3.55. The van der Waals surface area contributed by atoms with Crippen molar-refractivity contribution < 1.29 is 19.1 Å². The first-order valence-electron chi connectivity index (χ1n) is 8.74. The van der Waals surface area contributed by atoms with E-state index in [0.29, 0.717) is 12.3 Å². The smallest absolute Gasteiger partial charge is 0.311 e. The number of rotatable bonds is 4. The molecule has 1 aromatic rings. The van der Waals surface area contributed by atoms with Crippen molar-refractivity contribution in [1.29, 1.82) is 0 Å². The molecule has 24 heavy (non-hydrogen) atoms. The second kappa shape index (κ2) is 7.24. The van der Waals surface area contributed by atoms with Gasteiger partial charge in [0.05, 0.1) is 18.7 Å². The second-order valence-corrected chi connectivity index (χ2v) is 6.78. The Morgan fingerprint density at radius 3 is 2.67 bits per heavy atom. The topological polar surface area (TPSA) is 55.8 Å². The summed E-state index contributed by atoms with van der Waals surface area (Å²) in [6.07, 6.45) is 5.59. The predicted octanol–water partition coefficient (Wildman–Crippen LogP) is 3.23. The molecular weight excluding hydrogens is 306 g/mol. The molecule has 0 aromatic heterocycles. The molecule has 5 heteroatoms. The van der Waals surface area contributed by atoms with Gasteiger partial charge in [0.1, 0.15) is 11.9 Å². The Bertz CT molecular complexity index is 622. The molecule has 1 heterocycles. The van der Waals surface area contributed by atoms with Gasteiger partial charge in [-0.3, -0.25) is 9.59 Å². The first-order chi connectivity index (χ1) is 11.6. The molecule has 1 atom stereocenters. The molecule has 0 unspecified atom stereocenters. The molecule has 0 bridgehead atoms. The zero-order chi connectivity index (χ0) is 17.1. The number of carbonyl (C=O) groups is 2. The van der Waals surface area contributed by atoms with Crippen LogP contribution in [-0.4, -0.2) is 31.6 Å². The quantitative estimate of drug-likeness (QED) is 0.795. The van der Waals surface area contributed by atoms with Gasteiger partial charge in [-0.15, -0.1) is 0 Å². The van der Waals surface area contributed by atoms with Crippen LogP contribution >= 0.6 is 0 Å². The van der Waals surface area contributed by atoms with Crippen LogP contribution < -0.4 is 9.64 Å². The van der Waals surface area contributed by atoms with Crippen molar-refractivity contribution in [1.82, 2.24) is 0 Å². The van der Waals surface area contributed by atoms with Gasteiger partial charge in [0, 0.05) is 13.0 Å². The molecular formula is C19H25NO4. The standard InChI is InChI=1S/C19H25NO4/c1-13-8-9-17(23-2)16(10-13)20-12-14(11-18(20)21)19(22)24-15-6-4-3-5-7-15/h8-10,14-15H,3-7,11-12H2,1-2H3/t14-/m1/s1. The van der Waals surface area contributed by atoms with Crippen molar-refractivity contribution >= 4 is 17.6 Å². The van der Waals surface area contributed by atoms with Gasteiger partial charge in [-0.05, 0) is 50.3 Å². The zero-order valence-electron chi connectivity index (χ0n) is 14.4. The van der Waals surface area contributed by atoms with Crippen LogP contribution in [0.1, 0.15) is 44.1 Å². The molecule has 130 valence electrons. The van der Waals surface area contributed by atoms with Gasteiger partial charge >= 0.3 is 5.97 Å². The molecule has 1 aliphatic heterocycles. The van der Waals surface area contributed by atoms with Gasteiger partial charge in [-0.2, -0.15) is 0 Å². The molecule has 3 rings (SSSR count). The third-order valence-electron chi connectivity index (χ3n) is 4.92. The fourth-order valence-electron chi connectivity index (χ4n) is 3.55. The number of carbonyl (C=O) groups excluding carboxylic acids is 2. The van der Waals surface area contributed by atoms with Gasteiger partial charge in [-0.25, -0.2) is 0 Å². The predicted molar refractivity (Wildman–Crippen MR) is 91.2 cm³/mol. The van der Waals surface area contributed by atoms with Crippen LogP contribution in [0.2, 0.25) is 0 Å². The van der Waals surface area contributed by atoms with Gasteiger partial charge < -0.3 is 14.4 Å². The Balaban J connectivity index is 1.69. The van der Waals surface area contributed by atoms with E-state index in [2.05, 4.69) is 0 Å². The van der Waals surface area contributed by atoms with Crippen molar-refractivity contribution in [3.63, 3.8) is 0 Å². The highest BCUT2D eigenvalue weighted by atomic mass is 16.5. The number of amides is 1. The first-order valence-corrected chi connectivity index (χ1v) is 8.74. The normalized spacial score (nSPS) is 21.8. The maximum atomic E-state index is 12.4. The van der Waals surface area contributed by atoms with E-state index in [1.807, 2.05) is 25.1 Å². The van der Waals surface area contributed by atoms with Crippen molar-refractivity contribution in [2.45, 2.75) is 51.6 Å². The summed E-state index contributed by atoms with van der Waals surface area (Å²) in [5, 5.41) is 0. The number of hydrogen-bond acceptors (Lipinski definition) is 4. The maximum absolute atomic E-state index is 12.4. The lowest BCUT2D eigenvalue weighted by atomic mass is 9.97. The highest BCUT2D eigenvalue weighted by Gasteiger charge is 2.38. The molecule has 5 nitrogen and oxygen atoms in total. The van der Waals surface area contributed by atoms with Gasteiger partial charge in [0.15, 0.2) is 0 Å². The largest absolute Gasteiger partial charge is 0.495 e. The lowest BCUT2D eigenvalue weighted by Gasteiger charge is -2.23. The minimum atomic E-state index is -0.385.